The molecular weight excluding hydrogens is 374 g/mol. The molecule has 0 N–H and O–H groups in total. The predicted octanol–water partition coefficient (Wildman–Crippen LogP) is 4.48. The lowest BCUT2D eigenvalue weighted by Crippen LogP contribution is -2.16. The van der Waals surface area contributed by atoms with Crippen LogP contribution in [0.15, 0.2) is 39.5 Å². The van der Waals surface area contributed by atoms with Crippen LogP contribution >= 0.6 is 0 Å². The summed E-state index contributed by atoms with van der Waals surface area (Å²) in [6, 6.07) is 8.15. The molecule has 1 aliphatic carbocycles. The van der Waals surface area contributed by atoms with Crippen molar-refractivity contribution in [2.45, 2.75) is 39.2 Å². The van der Waals surface area contributed by atoms with Gasteiger partial charge in [-0.2, -0.15) is 0 Å². The molecule has 2 aromatic carbocycles. The second kappa shape index (κ2) is 7.58. The lowest BCUT2D eigenvalue weighted by molar-refractivity contribution is -0.385. The van der Waals surface area contributed by atoms with Gasteiger partial charge in [-0.15, -0.1) is 0 Å². The highest BCUT2D eigenvalue weighted by Crippen LogP contribution is 2.35. The minimum Gasteiger partial charge on any atom is -0.496 e. The molecule has 1 aliphatic rings. The van der Waals surface area contributed by atoms with Gasteiger partial charge in [-0.25, -0.2) is 4.79 Å². The molecule has 3 aromatic rings. The molecule has 7 nitrogen and oxygen atoms in total. The van der Waals surface area contributed by atoms with Crippen LogP contribution in [0, 0.1) is 17.0 Å². The summed E-state index contributed by atoms with van der Waals surface area (Å²) in [7, 11) is 1.51. The number of methoxy groups -OCH3 is 1. The number of nitrogens with zero attached hydrogens (tertiary/aromatic N) is 1. The molecule has 1 heterocycles. The normalized spacial score (nSPS) is 13.2. The number of ether oxygens (including phenoxy) is 2. The number of fused-ring (bicyclic) bond motifs is 3. The van der Waals surface area contributed by atoms with Gasteiger partial charge in [-0.3, -0.25) is 10.1 Å². The van der Waals surface area contributed by atoms with Crippen LogP contribution in [0.25, 0.3) is 11.0 Å². The van der Waals surface area contributed by atoms with Crippen LogP contribution in [0.3, 0.4) is 0 Å². The summed E-state index contributed by atoms with van der Waals surface area (Å²) < 4.78 is 17.0. The summed E-state index contributed by atoms with van der Waals surface area (Å²) in [4.78, 5) is 23.0. The maximum absolute atomic E-state index is 12.4. The molecule has 29 heavy (non-hydrogen) atoms. The maximum Gasteiger partial charge on any atom is 0.339 e. The zero-order valence-electron chi connectivity index (χ0n) is 16.3. The van der Waals surface area contributed by atoms with Crippen LogP contribution in [0.4, 0.5) is 5.69 Å². The Morgan fingerprint density at radius 3 is 2.59 bits per heavy atom. The molecule has 150 valence electrons. The first-order chi connectivity index (χ1) is 14.0. The molecular formula is C22H21NO6. The van der Waals surface area contributed by atoms with E-state index in [-0.39, 0.29) is 17.9 Å². The molecule has 7 heteroatoms. The molecule has 0 aliphatic heterocycles. The number of nitro groups is 1. The summed E-state index contributed by atoms with van der Waals surface area (Å²) in [5, 5.41) is 11.9. The van der Waals surface area contributed by atoms with Crippen molar-refractivity contribution in [3.63, 3.8) is 0 Å². The minimum absolute atomic E-state index is 0.0260. The average Bonchev–Trinajstić information content (AvgIpc) is 2.71. The number of rotatable bonds is 5. The Morgan fingerprint density at radius 1 is 1.10 bits per heavy atom. The van der Waals surface area contributed by atoms with Crippen LogP contribution in [0.1, 0.15) is 35.1 Å². The molecule has 0 spiro atoms. The average molecular weight is 395 g/mol. The van der Waals surface area contributed by atoms with Crippen LogP contribution in [0.2, 0.25) is 0 Å². The van der Waals surface area contributed by atoms with Crippen LogP contribution in [0.5, 0.6) is 11.5 Å². The van der Waals surface area contributed by atoms with Gasteiger partial charge in [-0.05, 0) is 61.9 Å². The Balaban J connectivity index is 1.78. The molecule has 0 atom stereocenters. The fourth-order valence-corrected chi connectivity index (χ4v) is 3.93. The van der Waals surface area contributed by atoms with Gasteiger partial charge >= 0.3 is 5.63 Å². The van der Waals surface area contributed by atoms with Gasteiger partial charge in [0.15, 0.2) is 0 Å². The van der Waals surface area contributed by atoms with Crippen LogP contribution < -0.4 is 15.1 Å². The zero-order valence-corrected chi connectivity index (χ0v) is 16.3. The van der Waals surface area contributed by atoms with E-state index in [0.717, 1.165) is 41.3 Å². The summed E-state index contributed by atoms with van der Waals surface area (Å²) in [5.74, 6) is 1.12. The first kappa shape index (κ1) is 19.0. The summed E-state index contributed by atoms with van der Waals surface area (Å²) in [5.41, 5.74) is 3.40. The van der Waals surface area contributed by atoms with Gasteiger partial charge in [0.05, 0.1) is 17.4 Å². The largest absolute Gasteiger partial charge is 0.496 e. The molecule has 0 unspecified atom stereocenters. The fourth-order valence-electron chi connectivity index (χ4n) is 3.93. The number of benzene rings is 2. The van der Waals surface area contributed by atoms with Crippen molar-refractivity contribution in [3.8, 4) is 11.5 Å². The van der Waals surface area contributed by atoms with E-state index in [1.807, 2.05) is 19.1 Å². The third kappa shape index (κ3) is 3.55. The molecule has 0 bridgehead atoms. The Kier molecular flexibility index (Phi) is 4.96. The lowest BCUT2D eigenvalue weighted by Gasteiger charge is -2.19. The fraction of sp³-hybridized carbons (Fsp3) is 0.318. The van der Waals surface area contributed by atoms with E-state index in [9.17, 15) is 14.9 Å². The first-order valence-electron chi connectivity index (χ1n) is 9.51. The van der Waals surface area contributed by atoms with Gasteiger partial charge in [0, 0.05) is 23.3 Å². The highest BCUT2D eigenvalue weighted by molar-refractivity contribution is 5.88. The predicted molar refractivity (Wildman–Crippen MR) is 108 cm³/mol. The van der Waals surface area contributed by atoms with E-state index in [4.69, 9.17) is 13.9 Å². The standard InChI is InChI=1S/C22H21NO6/c1-13-9-19(28-12-14-11-15(23(25)26)7-8-18(14)27-2)21-16-5-3-4-6-17(16)22(24)29-20(21)10-13/h7-11H,3-6,12H2,1-2H3. The highest BCUT2D eigenvalue weighted by Gasteiger charge is 2.21. The molecule has 4 rings (SSSR count). The first-order valence-corrected chi connectivity index (χ1v) is 9.51. The van der Waals surface area contributed by atoms with E-state index < -0.39 is 4.92 Å². The number of hydrogen-bond acceptors (Lipinski definition) is 6. The van der Waals surface area contributed by atoms with Crippen molar-refractivity contribution in [2.24, 2.45) is 0 Å². The second-order valence-electron chi connectivity index (χ2n) is 7.23. The van der Waals surface area contributed by atoms with E-state index in [0.29, 0.717) is 29.1 Å². The number of non-ortho nitro benzene ring substituents is 1. The Bertz CT molecular complexity index is 1160. The monoisotopic (exact) mass is 395 g/mol. The molecule has 0 amide bonds. The number of hydrogen-bond donors (Lipinski definition) is 0. The third-order valence-corrected chi connectivity index (χ3v) is 5.29. The highest BCUT2D eigenvalue weighted by atomic mass is 16.6. The smallest absolute Gasteiger partial charge is 0.339 e. The third-order valence-electron chi connectivity index (χ3n) is 5.29. The summed E-state index contributed by atoms with van der Waals surface area (Å²) >= 11 is 0. The van der Waals surface area contributed by atoms with Gasteiger partial charge in [0.1, 0.15) is 23.7 Å². The molecule has 0 saturated carbocycles. The van der Waals surface area contributed by atoms with Crippen molar-refractivity contribution < 1.29 is 18.8 Å². The zero-order chi connectivity index (χ0) is 20.5. The summed E-state index contributed by atoms with van der Waals surface area (Å²) in [6.07, 6.45) is 3.49. The van der Waals surface area contributed by atoms with E-state index in [1.165, 1.54) is 19.2 Å². The molecule has 0 radical (unpaired) electrons. The minimum atomic E-state index is -0.448. The van der Waals surface area contributed by atoms with Gasteiger partial charge in [0.25, 0.3) is 5.69 Å². The molecule has 0 fully saturated rings. The SMILES string of the molecule is COc1ccc([N+](=O)[O-])cc1COc1cc(C)cc2oc(=O)c3c(c12)CCCC3. The van der Waals surface area contributed by atoms with Crippen molar-refractivity contribution in [1.29, 1.82) is 0 Å². The number of nitro benzene ring substituents is 1. The lowest BCUT2D eigenvalue weighted by atomic mass is 9.90. The van der Waals surface area contributed by atoms with Crippen LogP contribution in [-0.2, 0) is 19.4 Å². The number of aryl methyl sites for hydroxylation is 2. The van der Waals surface area contributed by atoms with Crippen molar-refractivity contribution in [3.05, 3.63) is 73.1 Å². The van der Waals surface area contributed by atoms with Crippen LogP contribution in [-0.4, -0.2) is 12.0 Å². The van der Waals surface area contributed by atoms with E-state index >= 15 is 0 Å². The maximum atomic E-state index is 12.4. The van der Waals surface area contributed by atoms with E-state index in [1.54, 1.807) is 6.07 Å². The van der Waals surface area contributed by atoms with Crippen molar-refractivity contribution in [2.75, 3.05) is 7.11 Å². The van der Waals surface area contributed by atoms with Gasteiger partial charge < -0.3 is 13.9 Å². The van der Waals surface area contributed by atoms with Crippen molar-refractivity contribution >= 4 is 16.7 Å². The van der Waals surface area contributed by atoms with Crippen molar-refractivity contribution in [1.82, 2.24) is 0 Å². The summed E-state index contributed by atoms with van der Waals surface area (Å²) in [6.45, 7) is 2.00. The molecule has 0 saturated heterocycles. The van der Waals surface area contributed by atoms with Gasteiger partial charge in [-0.1, -0.05) is 0 Å². The topological polar surface area (TPSA) is 91.8 Å². The Morgan fingerprint density at radius 2 is 1.86 bits per heavy atom. The second-order valence-corrected chi connectivity index (χ2v) is 7.23. The molecule has 1 aromatic heterocycles. The Hall–Kier alpha value is -3.35. The Labute approximate surface area is 167 Å². The van der Waals surface area contributed by atoms with Gasteiger partial charge in [0.2, 0.25) is 0 Å². The quantitative estimate of drug-likeness (QED) is 0.359. The van der Waals surface area contributed by atoms with E-state index in [2.05, 4.69) is 0 Å².